The number of halogens is 2. The predicted octanol–water partition coefficient (Wildman–Crippen LogP) is 4.22. The summed E-state index contributed by atoms with van der Waals surface area (Å²) in [4.78, 5) is 0. The number of hydrogen-bond acceptors (Lipinski definition) is 2. The summed E-state index contributed by atoms with van der Waals surface area (Å²) in [5.41, 5.74) is 8.67. The van der Waals surface area contributed by atoms with Crippen LogP contribution in [0.5, 0.6) is 0 Å². The van der Waals surface area contributed by atoms with Crippen LogP contribution in [0.25, 0.3) is 0 Å². The zero-order valence-corrected chi connectivity index (χ0v) is 10.9. The smallest absolute Gasteiger partial charge is 0.146 e. The van der Waals surface area contributed by atoms with Crippen LogP contribution in [0.1, 0.15) is 5.56 Å². The van der Waals surface area contributed by atoms with Gasteiger partial charge in [0.15, 0.2) is 0 Å². The lowest BCUT2D eigenvalue weighted by Crippen LogP contribution is -1.97. The van der Waals surface area contributed by atoms with E-state index in [9.17, 15) is 4.39 Å². The van der Waals surface area contributed by atoms with Gasteiger partial charge in [0.1, 0.15) is 5.82 Å². The predicted molar refractivity (Wildman–Crippen MR) is 73.0 cm³/mol. The molecule has 0 fully saturated rings. The van der Waals surface area contributed by atoms with Gasteiger partial charge in [0.05, 0.1) is 11.4 Å². The van der Waals surface area contributed by atoms with Gasteiger partial charge >= 0.3 is 0 Å². The molecule has 0 unspecified atom stereocenters. The minimum atomic E-state index is -0.283. The van der Waals surface area contributed by atoms with Crippen molar-refractivity contribution in [3.8, 4) is 0 Å². The summed E-state index contributed by atoms with van der Waals surface area (Å²) >= 11 is 3.40. The average molecular weight is 295 g/mol. The van der Waals surface area contributed by atoms with E-state index in [-0.39, 0.29) is 5.82 Å². The Morgan fingerprint density at radius 2 is 1.88 bits per heavy atom. The molecule has 0 radical (unpaired) electrons. The number of nitrogens with one attached hydrogen (secondary N) is 1. The lowest BCUT2D eigenvalue weighted by molar-refractivity contribution is 0.632. The Kier molecular flexibility index (Phi) is 3.33. The summed E-state index contributed by atoms with van der Waals surface area (Å²) in [6.07, 6.45) is 0. The molecule has 4 heteroatoms. The molecule has 0 spiro atoms. The third-order valence-corrected chi connectivity index (χ3v) is 3.15. The van der Waals surface area contributed by atoms with Crippen LogP contribution in [0.2, 0.25) is 0 Å². The number of nitrogen functional groups attached to an aromatic ring is 1. The van der Waals surface area contributed by atoms with Crippen LogP contribution < -0.4 is 11.1 Å². The monoisotopic (exact) mass is 294 g/mol. The number of aryl methyl sites for hydroxylation is 1. The molecule has 2 aromatic rings. The molecule has 0 amide bonds. The maximum absolute atomic E-state index is 13.5. The SMILES string of the molecule is Cc1cc(Nc2ccccc2F)c(Br)cc1N. The van der Waals surface area contributed by atoms with Crippen molar-refractivity contribution in [3.63, 3.8) is 0 Å². The van der Waals surface area contributed by atoms with Gasteiger partial charge in [-0.1, -0.05) is 12.1 Å². The molecule has 2 rings (SSSR count). The Bertz CT molecular complexity index is 555. The highest BCUT2D eigenvalue weighted by Gasteiger charge is 2.06. The van der Waals surface area contributed by atoms with Crippen molar-refractivity contribution >= 4 is 33.0 Å². The van der Waals surface area contributed by atoms with Gasteiger partial charge < -0.3 is 11.1 Å². The van der Waals surface area contributed by atoms with E-state index in [1.165, 1.54) is 6.07 Å². The standard InChI is InChI=1S/C13H12BrFN2/c1-8-6-13(9(14)7-11(8)16)17-12-5-3-2-4-10(12)15/h2-7,17H,16H2,1H3. The molecule has 0 saturated carbocycles. The fourth-order valence-electron chi connectivity index (χ4n) is 1.50. The summed E-state index contributed by atoms with van der Waals surface area (Å²) in [7, 11) is 0. The fraction of sp³-hybridized carbons (Fsp3) is 0.0769. The van der Waals surface area contributed by atoms with E-state index in [4.69, 9.17) is 5.73 Å². The van der Waals surface area contributed by atoms with Gasteiger partial charge in [-0.15, -0.1) is 0 Å². The van der Waals surface area contributed by atoms with Crippen LogP contribution in [-0.2, 0) is 0 Å². The number of para-hydroxylation sites is 1. The van der Waals surface area contributed by atoms with Crippen LogP contribution in [-0.4, -0.2) is 0 Å². The van der Waals surface area contributed by atoms with Crippen LogP contribution in [0, 0.1) is 12.7 Å². The number of benzene rings is 2. The molecule has 0 aliphatic carbocycles. The first kappa shape index (κ1) is 11.9. The second-order valence-electron chi connectivity index (χ2n) is 3.79. The Balaban J connectivity index is 2.37. The Morgan fingerprint density at radius 3 is 2.59 bits per heavy atom. The number of rotatable bonds is 2. The van der Waals surface area contributed by atoms with E-state index in [1.807, 2.05) is 13.0 Å². The van der Waals surface area contributed by atoms with Crippen molar-refractivity contribution in [1.29, 1.82) is 0 Å². The van der Waals surface area contributed by atoms with Crippen molar-refractivity contribution < 1.29 is 4.39 Å². The summed E-state index contributed by atoms with van der Waals surface area (Å²) in [6, 6.07) is 10.2. The maximum Gasteiger partial charge on any atom is 0.146 e. The molecular formula is C13H12BrFN2. The summed E-state index contributed by atoms with van der Waals surface area (Å²) in [5, 5.41) is 3.03. The van der Waals surface area contributed by atoms with Gasteiger partial charge in [-0.3, -0.25) is 0 Å². The molecule has 0 heterocycles. The first-order chi connectivity index (χ1) is 8.08. The molecule has 0 aliphatic heterocycles. The molecule has 0 aromatic heterocycles. The van der Waals surface area contributed by atoms with E-state index < -0.39 is 0 Å². The molecule has 88 valence electrons. The molecule has 17 heavy (non-hydrogen) atoms. The molecule has 0 bridgehead atoms. The quantitative estimate of drug-likeness (QED) is 0.814. The van der Waals surface area contributed by atoms with Crippen LogP contribution in [0.15, 0.2) is 40.9 Å². The van der Waals surface area contributed by atoms with Crippen molar-refractivity contribution in [3.05, 3.63) is 52.3 Å². The molecule has 3 N–H and O–H groups in total. The first-order valence-electron chi connectivity index (χ1n) is 5.15. The molecule has 0 atom stereocenters. The minimum Gasteiger partial charge on any atom is -0.398 e. The molecule has 0 aliphatic rings. The van der Waals surface area contributed by atoms with E-state index >= 15 is 0 Å². The van der Waals surface area contributed by atoms with Crippen molar-refractivity contribution in [2.24, 2.45) is 0 Å². The van der Waals surface area contributed by atoms with Gasteiger partial charge in [0, 0.05) is 10.2 Å². The molecular weight excluding hydrogens is 283 g/mol. The van der Waals surface area contributed by atoms with Crippen molar-refractivity contribution in [2.45, 2.75) is 6.92 Å². The largest absolute Gasteiger partial charge is 0.398 e. The summed E-state index contributed by atoms with van der Waals surface area (Å²) in [5.74, 6) is -0.283. The van der Waals surface area contributed by atoms with Crippen LogP contribution >= 0.6 is 15.9 Å². The summed E-state index contributed by atoms with van der Waals surface area (Å²) in [6.45, 7) is 1.91. The highest BCUT2D eigenvalue weighted by atomic mass is 79.9. The Morgan fingerprint density at radius 1 is 1.18 bits per heavy atom. The average Bonchev–Trinajstić information content (AvgIpc) is 2.29. The topological polar surface area (TPSA) is 38.0 Å². The van der Waals surface area contributed by atoms with Crippen LogP contribution in [0.3, 0.4) is 0 Å². The molecule has 2 nitrogen and oxygen atoms in total. The van der Waals surface area contributed by atoms with Gasteiger partial charge in [0.25, 0.3) is 0 Å². The zero-order valence-electron chi connectivity index (χ0n) is 9.30. The zero-order chi connectivity index (χ0) is 12.4. The van der Waals surface area contributed by atoms with Gasteiger partial charge in [0.2, 0.25) is 0 Å². The number of nitrogens with two attached hydrogens (primary N) is 1. The second-order valence-corrected chi connectivity index (χ2v) is 4.65. The molecule has 2 aromatic carbocycles. The van der Waals surface area contributed by atoms with E-state index in [2.05, 4.69) is 21.2 Å². The van der Waals surface area contributed by atoms with Gasteiger partial charge in [-0.25, -0.2) is 4.39 Å². The third-order valence-electron chi connectivity index (χ3n) is 2.50. The highest BCUT2D eigenvalue weighted by molar-refractivity contribution is 9.10. The molecule has 0 saturated heterocycles. The maximum atomic E-state index is 13.5. The fourth-order valence-corrected chi connectivity index (χ4v) is 1.96. The summed E-state index contributed by atoms with van der Waals surface area (Å²) < 4.78 is 14.3. The lowest BCUT2D eigenvalue weighted by Gasteiger charge is -2.11. The van der Waals surface area contributed by atoms with Gasteiger partial charge in [-0.2, -0.15) is 0 Å². The Hall–Kier alpha value is -1.55. The first-order valence-corrected chi connectivity index (χ1v) is 5.94. The normalized spacial score (nSPS) is 10.3. The van der Waals surface area contributed by atoms with Gasteiger partial charge in [-0.05, 0) is 52.7 Å². The van der Waals surface area contributed by atoms with E-state index in [0.717, 1.165) is 15.7 Å². The van der Waals surface area contributed by atoms with Crippen molar-refractivity contribution in [1.82, 2.24) is 0 Å². The van der Waals surface area contributed by atoms with E-state index in [0.29, 0.717) is 11.4 Å². The van der Waals surface area contributed by atoms with Crippen molar-refractivity contribution in [2.75, 3.05) is 11.1 Å². The highest BCUT2D eigenvalue weighted by Crippen LogP contribution is 2.30. The lowest BCUT2D eigenvalue weighted by atomic mass is 10.2. The third kappa shape index (κ3) is 2.58. The Labute approximate surface area is 108 Å². The number of hydrogen-bond donors (Lipinski definition) is 2. The number of anilines is 3. The second kappa shape index (κ2) is 4.75. The van der Waals surface area contributed by atoms with Crippen LogP contribution in [0.4, 0.5) is 21.5 Å². The minimum absolute atomic E-state index is 0.283. The van der Waals surface area contributed by atoms with E-state index in [1.54, 1.807) is 24.3 Å².